The molecule has 1 aliphatic heterocycles. The van der Waals surface area contributed by atoms with Crippen molar-refractivity contribution in [3.8, 4) is 0 Å². The standard InChI is InChI=1S/C20H21BrN2O3S2/c21-18-6-8-19(9-7-18)27-16-20(24)22-11-13-23(14-12-22)28(25,26)15-10-17-4-2-1-3-5-17/h1-10,15H,11-14,16H2/b15-10+. The molecule has 1 heterocycles. The summed E-state index contributed by atoms with van der Waals surface area (Å²) in [5, 5.41) is 1.24. The van der Waals surface area contributed by atoms with Crippen molar-refractivity contribution in [2.24, 2.45) is 0 Å². The maximum Gasteiger partial charge on any atom is 0.236 e. The SMILES string of the molecule is O=C(CSc1ccc(Br)cc1)N1CCN(S(=O)(=O)/C=C/c2ccccc2)CC1. The van der Waals surface area contributed by atoms with Crippen LogP contribution in [0.5, 0.6) is 0 Å². The molecule has 1 amide bonds. The number of hydrogen-bond donors (Lipinski definition) is 0. The summed E-state index contributed by atoms with van der Waals surface area (Å²) in [6.45, 7) is 1.46. The second-order valence-corrected chi connectivity index (χ2v) is 10.1. The first kappa shape index (κ1) is 21.1. The largest absolute Gasteiger partial charge is 0.339 e. The monoisotopic (exact) mass is 480 g/mol. The van der Waals surface area contributed by atoms with Crippen molar-refractivity contribution < 1.29 is 13.2 Å². The number of benzene rings is 2. The number of rotatable bonds is 6. The van der Waals surface area contributed by atoms with E-state index in [1.165, 1.54) is 21.5 Å². The third-order valence-electron chi connectivity index (χ3n) is 4.36. The number of amides is 1. The number of thioether (sulfide) groups is 1. The van der Waals surface area contributed by atoms with Crippen molar-refractivity contribution in [2.45, 2.75) is 4.90 Å². The van der Waals surface area contributed by atoms with Crippen molar-refractivity contribution in [1.29, 1.82) is 0 Å². The molecule has 1 fully saturated rings. The van der Waals surface area contributed by atoms with E-state index < -0.39 is 10.0 Å². The normalized spacial score (nSPS) is 15.8. The van der Waals surface area contributed by atoms with Gasteiger partial charge in [0, 0.05) is 41.0 Å². The molecule has 0 bridgehead atoms. The molecule has 0 atom stereocenters. The second kappa shape index (κ2) is 9.73. The Kier molecular flexibility index (Phi) is 7.34. The average molecular weight is 481 g/mol. The van der Waals surface area contributed by atoms with E-state index in [4.69, 9.17) is 0 Å². The molecule has 8 heteroatoms. The molecule has 0 aromatic heterocycles. The van der Waals surface area contributed by atoms with Crippen molar-refractivity contribution in [1.82, 2.24) is 9.21 Å². The first-order valence-corrected chi connectivity index (χ1v) is 12.1. The van der Waals surface area contributed by atoms with Crippen LogP contribution in [0.25, 0.3) is 6.08 Å². The van der Waals surface area contributed by atoms with Crippen LogP contribution in [0.4, 0.5) is 0 Å². The molecule has 0 N–H and O–H groups in total. The lowest BCUT2D eigenvalue weighted by Crippen LogP contribution is -2.50. The molecule has 0 spiro atoms. The molecular weight excluding hydrogens is 460 g/mol. The summed E-state index contributed by atoms with van der Waals surface area (Å²) >= 11 is 4.88. The van der Waals surface area contributed by atoms with E-state index >= 15 is 0 Å². The number of carbonyl (C=O) groups excluding carboxylic acids is 1. The highest BCUT2D eigenvalue weighted by molar-refractivity contribution is 9.10. The quantitative estimate of drug-likeness (QED) is 0.591. The zero-order valence-corrected chi connectivity index (χ0v) is 18.4. The number of halogens is 1. The van der Waals surface area contributed by atoms with Crippen molar-refractivity contribution in [2.75, 3.05) is 31.9 Å². The van der Waals surface area contributed by atoms with Crippen LogP contribution in [0.15, 0.2) is 69.4 Å². The predicted molar refractivity (Wildman–Crippen MR) is 117 cm³/mol. The molecule has 2 aromatic rings. The van der Waals surface area contributed by atoms with Gasteiger partial charge in [0.1, 0.15) is 0 Å². The molecular formula is C20H21BrN2O3S2. The third kappa shape index (κ3) is 5.94. The molecule has 0 radical (unpaired) electrons. The molecule has 3 rings (SSSR count). The van der Waals surface area contributed by atoms with E-state index in [0.29, 0.717) is 31.9 Å². The molecule has 148 valence electrons. The number of hydrogen-bond acceptors (Lipinski definition) is 4. The van der Waals surface area contributed by atoms with Crippen LogP contribution >= 0.6 is 27.7 Å². The van der Waals surface area contributed by atoms with Crippen LogP contribution in [0, 0.1) is 0 Å². The fourth-order valence-electron chi connectivity index (χ4n) is 2.77. The third-order valence-corrected chi connectivity index (χ3v) is 7.45. The minimum Gasteiger partial charge on any atom is -0.339 e. The Morgan fingerprint density at radius 1 is 1.00 bits per heavy atom. The molecule has 1 aliphatic rings. The topological polar surface area (TPSA) is 57.7 Å². The van der Waals surface area contributed by atoms with Gasteiger partial charge in [-0.2, -0.15) is 4.31 Å². The maximum atomic E-state index is 12.5. The molecule has 0 unspecified atom stereocenters. The van der Waals surface area contributed by atoms with Crippen molar-refractivity contribution in [3.05, 3.63) is 70.0 Å². The fraction of sp³-hybridized carbons (Fsp3) is 0.250. The number of piperazine rings is 1. The number of sulfonamides is 1. The Morgan fingerprint density at radius 3 is 2.29 bits per heavy atom. The van der Waals surface area contributed by atoms with Gasteiger partial charge < -0.3 is 4.90 Å². The van der Waals surface area contributed by atoms with E-state index in [1.807, 2.05) is 54.6 Å². The van der Waals surface area contributed by atoms with Gasteiger partial charge >= 0.3 is 0 Å². The van der Waals surface area contributed by atoms with Crippen LogP contribution < -0.4 is 0 Å². The van der Waals surface area contributed by atoms with Gasteiger partial charge in [0.15, 0.2) is 0 Å². The summed E-state index contributed by atoms with van der Waals surface area (Å²) in [5.41, 5.74) is 0.838. The molecule has 0 aliphatic carbocycles. The maximum absolute atomic E-state index is 12.5. The van der Waals surface area contributed by atoms with E-state index in [0.717, 1.165) is 14.9 Å². The van der Waals surface area contributed by atoms with E-state index in [1.54, 1.807) is 11.0 Å². The minimum atomic E-state index is -3.48. The first-order valence-electron chi connectivity index (χ1n) is 8.83. The van der Waals surface area contributed by atoms with Gasteiger partial charge in [-0.05, 0) is 35.9 Å². The van der Waals surface area contributed by atoms with Gasteiger partial charge in [0.05, 0.1) is 5.75 Å². The highest BCUT2D eigenvalue weighted by atomic mass is 79.9. The fourth-order valence-corrected chi connectivity index (χ4v) is 5.01. The lowest BCUT2D eigenvalue weighted by Gasteiger charge is -2.33. The van der Waals surface area contributed by atoms with E-state index in [-0.39, 0.29) is 5.91 Å². The van der Waals surface area contributed by atoms with Gasteiger partial charge in [-0.25, -0.2) is 8.42 Å². The predicted octanol–water partition coefficient (Wildman–Crippen LogP) is 3.69. The number of nitrogens with zero attached hydrogens (tertiary/aromatic N) is 2. The number of carbonyl (C=O) groups is 1. The van der Waals surface area contributed by atoms with Crippen molar-refractivity contribution in [3.63, 3.8) is 0 Å². The van der Waals surface area contributed by atoms with Gasteiger partial charge in [-0.1, -0.05) is 46.3 Å². The molecule has 28 heavy (non-hydrogen) atoms. The highest BCUT2D eigenvalue weighted by Gasteiger charge is 2.27. The summed E-state index contributed by atoms with van der Waals surface area (Å²) in [6.07, 6.45) is 1.60. The lowest BCUT2D eigenvalue weighted by atomic mass is 10.2. The van der Waals surface area contributed by atoms with Crippen molar-refractivity contribution >= 4 is 49.7 Å². The van der Waals surface area contributed by atoms with E-state index in [2.05, 4.69) is 15.9 Å². The van der Waals surface area contributed by atoms with Crippen LogP contribution in [-0.4, -0.2) is 55.5 Å². The van der Waals surface area contributed by atoms with E-state index in [9.17, 15) is 13.2 Å². The summed E-state index contributed by atoms with van der Waals surface area (Å²) in [4.78, 5) is 15.2. The molecule has 0 saturated carbocycles. The highest BCUT2D eigenvalue weighted by Crippen LogP contribution is 2.21. The average Bonchev–Trinajstić information content (AvgIpc) is 2.72. The molecule has 1 saturated heterocycles. The first-order chi connectivity index (χ1) is 13.4. The zero-order chi connectivity index (χ0) is 20.0. The Hall–Kier alpha value is -1.61. The second-order valence-electron chi connectivity index (χ2n) is 6.28. The summed E-state index contributed by atoms with van der Waals surface area (Å²) in [5.74, 6) is 0.382. The van der Waals surface area contributed by atoms with Gasteiger partial charge in [0.25, 0.3) is 0 Å². The molecule has 2 aromatic carbocycles. The zero-order valence-electron chi connectivity index (χ0n) is 15.2. The summed E-state index contributed by atoms with van der Waals surface area (Å²) in [7, 11) is -3.48. The summed E-state index contributed by atoms with van der Waals surface area (Å²) in [6, 6.07) is 17.1. The Labute approximate surface area is 178 Å². The Morgan fingerprint density at radius 2 is 1.64 bits per heavy atom. The molecule has 5 nitrogen and oxygen atoms in total. The van der Waals surface area contributed by atoms with Crippen LogP contribution in [0.3, 0.4) is 0 Å². The van der Waals surface area contributed by atoms with Gasteiger partial charge in [-0.3, -0.25) is 4.79 Å². The van der Waals surface area contributed by atoms with Crippen LogP contribution in [-0.2, 0) is 14.8 Å². The minimum absolute atomic E-state index is 0.0322. The van der Waals surface area contributed by atoms with Gasteiger partial charge in [-0.15, -0.1) is 11.8 Å². The van der Waals surface area contributed by atoms with Crippen LogP contribution in [0.2, 0.25) is 0 Å². The summed E-state index contributed by atoms with van der Waals surface area (Å²) < 4.78 is 27.4. The van der Waals surface area contributed by atoms with Crippen LogP contribution in [0.1, 0.15) is 5.56 Å². The lowest BCUT2D eigenvalue weighted by molar-refractivity contribution is -0.129. The van der Waals surface area contributed by atoms with Gasteiger partial charge in [0.2, 0.25) is 15.9 Å². The smallest absolute Gasteiger partial charge is 0.236 e. The Balaban J connectivity index is 1.49. The Bertz CT molecular complexity index is 924.